The molecule has 1 heteroatoms. The summed E-state index contributed by atoms with van der Waals surface area (Å²) in [5.74, 6) is 2.12. The van der Waals surface area contributed by atoms with Crippen LogP contribution in [0.4, 0.5) is 0 Å². The summed E-state index contributed by atoms with van der Waals surface area (Å²) in [6, 6.07) is 0. The van der Waals surface area contributed by atoms with Crippen molar-refractivity contribution in [3.05, 3.63) is 0 Å². The molecule has 2 N–H and O–H groups in total. The van der Waals surface area contributed by atoms with E-state index in [1.165, 1.54) is 57.8 Å². The normalized spacial score (nSPS) is 26.1. The molecule has 86 valence electrons. The molecule has 0 bridgehead atoms. The second kappa shape index (κ2) is 8.28. The lowest BCUT2D eigenvalue weighted by Crippen LogP contribution is -2.03. The van der Waals surface area contributed by atoms with Crippen LogP contribution in [0.15, 0.2) is 0 Å². The summed E-state index contributed by atoms with van der Waals surface area (Å²) in [6.45, 7) is 4.74. The first-order chi connectivity index (χ1) is 6.34. The van der Waals surface area contributed by atoms with Crippen LogP contribution in [0, 0.1) is 11.8 Å². The van der Waals surface area contributed by atoms with E-state index in [9.17, 15) is 0 Å². The van der Waals surface area contributed by atoms with Crippen molar-refractivity contribution in [3.63, 3.8) is 0 Å². The number of unbranched alkanes of at least 4 members (excludes halogenated alkanes) is 4. The molecule has 0 aliphatic heterocycles. The van der Waals surface area contributed by atoms with Crippen LogP contribution in [0.3, 0.4) is 0 Å². The van der Waals surface area contributed by atoms with Crippen LogP contribution in [0.1, 0.15) is 71.6 Å². The molecule has 1 aliphatic carbocycles. The molecule has 0 aromatic heterocycles. The molecule has 1 rings (SSSR count). The van der Waals surface area contributed by atoms with Crippen LogP contribution >= 0.6 is 0 Å². The molecule has 0 spiro atoms. The van der Waals surface area contributed by atoms with Crippen LogP contribution < -0.4 is 0 Å². The average molecular weight is 200 g/mol. The fourth-order valence-electron chi connectivity index (χ4n) is 2.66. The molecular formula is C13H28O. The van der Waals surface area contributed by atoms with Gasteiger partial charge in [-0.25, -0.2) is 0 Å². The summed E-state index contributed by atoms with van der Waals surface area (Å²) < 4.78 is 0. The van der Waals surface area contributed by atoms with Crippen molar-refractivity contribution >= 4 is 0 Å². The van der Waals surface area contributed by atoms with Gasteiger partial charge in [0, 0.05) is 0 Å². The molecular weight excluding hydrogens is 172 g/mol. The fourth-order valence-corrected chi connectivity index (χ4v) is 2.66. The third-order valence-electron chi connectivity index (χ3n) is 3.72. The number of rotatable bonds is 6. The summed E-state index contributed by atoms with van der Waals surface area (Å²) in [7, 11) is 0. The zero-order valence-corrected chi connectivity index (χ0v) is 10.0. The summed E-state index contributed by atoms with van der Waals surface area (Å²) in [4.78, 5) is 0. The maximum Gasteiger partial charge on any atom is -0.0388 e. The molecule has 0 saturated heterocycles. The van der Waals surface area contributed by atoms with E-state index in [0.29, 0.717) is 0 Å². The van der Waals surface area contributed by atoms with Crippen molar-refractivity contribution in [2.45, 2.75) is 71.6 Å². The maximum atomic E-state index is 2.45. The Hall–Kier alpha value is -0.0400. The van der Waals surface area contributed by atoms with Gasteiger partial charge in [0.25, 0.3) is 0 Å². The molecule has 1 saturated carbocycles. The summed E-state index contributed by atoms with van der Waals surface area (Å²) in [5.41, 5.74) is 0. The molecule has 1 aliphatic rings. The largest absolute Gasteiger partial charge is 0.412 e. The predicted octanol–water partition coefficient (Wildman–Crippen LogP) is 3.96. The molecule has 0 aromatic rings. The summed E-state index contributed by atoms with van der Waals surface area (Å²) >= 11 is 0. The Morgan fingerprint density at radius 1 is 1.00 bits per heavy atom. The molecule has 0 radical (unpaired) electrons. The fraction of sp³-hybridized carbons (Fsp3) is 1.00. The number of hydrogen-bond acceptors (Lipinski definition) is 0. The lowest BCUT2D eigenvalue weighted by molar-refractivity contribution is 0.374. The second-order valence-electron chi connectivity index (χ2n) is 4.87. The van der Waals surface area contributed by atoms with Crippen molar-refractivity contribution in [3.8, 4) is 0 Å². The highest BCUT2D eigenvalue weighted by Crippen LogP contribution is 2.34. The first-order valence-electron chi connectivity index (χ1n) is 6.34. The van der Waals surface area contributed by atoms with Crippen molar-refractivity contribution in [2.24, 2.45) is 11.8 Å². The highest BCUT2D eigenvalue weighted by Gasteiger charge is 2.22. The highest BCUT2D eigenvalue weighted by atomic mass is 16.0. The van der Waals surface area contributed by atoms with E-state index in [2.05, 4.69) is 13.8 Å². The van der Waals surface area contributed by atoms with E-state index in [-0.39, 0.29) is 5.48 Å². The van der Waals surface area contributed by atoms with Gasteiger partial charge in [-0.15, -0.1) is 0 Å². The predicted molar refractivity (Wildman–Crippen MR) is 63.5 cm³/mol. The van der Waals surface area contributed by atoms with Crippen LogP contribution in [-0.2, 0) is 0 Å². The van der Waals surface area contributed by atoms with Crippen molar-refractivity contribution in [2.75, 3.05) is 0 Å². The van der Waals surface area contributed by atoms with E-state index in [1.54, 1.807) is 0 Å². The zero-order chi connectivity index (χ0) is 9.52. The van der Waals surface area contributed by atoms with Crippen LogP contribution in [-0.4, -0.2) is 5.48 Å². The van der Waals surface area contributed by atoms with Gasteiger partial charge in [0.05, 0.1) is 0 Å². The lowest BCUT2D eigenvalue weighted by Gasteiger charge is -2.14. The Kier molecular flexibility index (Phi) is 8.26. The van der Waals surface area contributed by atoms with E-state index in [4.69, 9.17) is 0 Å². The molecule has 0 heterocycles. The van der Waals surface area contributed by atoms with Gasteiger partial charge in [-0.05, 0) is 11.8 Å². The Morgan fingerprint density at radius 2 is 1.71 bits per heavy atom. The standard InChI is InChI=1S/C13H26.H2O/c1-3-4-5-6-7-10-13-11-8-9-12(13)2;/h12-13H,3-11H2,1-2H3;1H2/t12?,13-;/m0./s1. The monoisotopic (exact) mass is 200 g/mol. The molecule has 1 unspecified atom stereocenters. The van der Waals surface area contributed by atoms with E-state index >= 15 is 0 Å². The summed E-state index contributed by atoms with van der Waals surface area (Å²) in [5, 5.41) is 0. The molecule has 14 heavy (non-hydrogen) atoms. The van der Waals surface area contributed by atoms with Gasteiger partial charge >= 0.3 is 0 Å². The van der Waals surface area contributed by atoms with Crippen LogP contribution in [0.5, 0.6) is 0 Å². The van der Waals surface area contributed by atoms with Gasteiger partial charge in [-0.1, -0.05) is 71.6 Å². The minimum Gasteiger partial charge on any atom is -0.412 e. The maximum absolute atomic E-state index is 2.45. The Morgan fingerprint density at radius 3 is 2.29 bits per heavy atom. The Balaban J connectivity index is 0.00000169. The van der Waals surface area contributed by atoms with Crippen LogP contribution in [0.25, 0.3) is 0 Å². The summed E-state index contributed by atoms with van der Waals surface area (Å²) in [6.07, 6.45) is 13.3. The molecule has 1 fully saturated rings. The van der Waals surface area contributed by atoms with E-state index < -0.39 is 0 Å². The quantitative estimate of drug-likeness (QED) is 0.581. The van der Waals surface area contributed by atoms with E-state index in [1.807, 2.05) is 0 Å². The Bertz CT molecular complexity index is 122. The van der Waals surface area contributed by atoms with Crippen molar-refractivity contribution in [1.29, 1.82) is 0 Å². The molecule has 0 aromatic carbocycles. The smallest absolute Gasteiger partial charge is 0.0388 e. The minimum atomic E-state index is 0. The Labute approximate surface area is 89.6 Å². The third-order valence-corrected chi connectivity index (χ3v) is 3.72. The van der Waals surface area contributed by atoms with Gasteiger partial charge in [0.2, 0.25) is 0 Å². The van der Waals surface area contributed by atoms with Gasteiger partial charge in [-0.2, -0.15) is 0 Å². The molecule has 2 atom stereocenters. The van der Waals surface area contributed by atoms with Gasteiger partial charge in [0.15, 0.2) is 0 Å². The van der Waals surface area contributed by atoms with Gasteiger partial charge in [-0.3, -0.25) is 0 Å². The van der Waals surface area contributed by atoms with Crippen molar-refractivity contribution < 1.29 is 5.48 Å². The zero-order valence-electron chi connectivity index (χ0n) is 10.0. The van der Waals surface area contributed by atoms with Gasteiger partial charge < -0.3 is 5.48 Å². The highest BCUT2D eigenvalue weighted by molar-refractivity contribution is 4.73. The average Bonchev–Trinajstić information content (AvgIpc) is 2.52. The first-order valence-corrected chi connectivity index (χ1v) is 6.34. The molecule has 0 amide bonds. The number of hydrogen-bond donors (Lipinski definition) is 0. The van der Waals surface area contributed by atoms with Crippen molar-refractivity contribution in [1.82, 2.24) is 0 Å². The van der Waals surface area contributed by atoms with Gasteiger partial charge in [0.1, 0.15) is 0 Å². The topological polar surface area (TPSA) is 31.5 Å². The molecule has 1 nitrogen and oxygen atoms in total. The lowest BCUT2D eigenvalue weighted by atomic mass is 9.92. The minimum absolute atomic E-state index is 0. The third kappa shape index (κ3) is 4.99. The second-order valence-corrected chi connectivity index (χ2v) is 4.87. The first kappa shape index (κ1) is 14.0. The van der Waals surface area contributed by atoms with Crippen LogP contribution in [0.2, 0.25) is 0 Å². The van der Waals surface area contributed by atoms with E-state index in [0.717, 1.165) is 11.8 Å². The SMILES string of the molecule is CCCCCCC[C@H]1CCCC1C.O.